The highest BCUT2D eigenvalue weighted by atomic mass is 79.9. The lowest BCUT2D eigenvalue weighted by Gasteiger charge is -2.20. The van der Waals surface area contributed by atoms with Crippen molar-refractivity contribution in [3.05, 3.63) is 28.7 Å². The van der Waals surface area contributed by atoms with Crippen molar-refractivity contribution in [1.82, 2.24) is 5.32 Å². The van der Waals surface area contributed by atoms with E-state index in [1.54, 1.807) is 0 Å². The quantitative estimate of drug-likeness (QED) is 0.857. The molecule has 2 rings (SSSR count). The average Bonchev–Trinajstić information content (AvgIpc) is 2.80. The van der Waals surface area contributed by atoms with E-state index in [9.17, 15) is 0 Å². The molecule has 1 aliphatic rings. The highest BCUT2D eigenvalue weighted by Crippen LogP contribution is 2.28. The van der Waals surface area contributed by atoms with Crippen LogP contribution < -0.4 is 10.1 Å². The summed E-state index contributed by atoms with van der Waals surface area (Å²) in [7, 11) is 0. The molecule has 18 heavy (non-hydrogen) atoms. The van der Waals surface area contributed by atoms with Crippen LogP contribution in [0.25, 0.3) is 0 Å². The molecule has 1 saturated carbocycles. The maximum Gasteiger partial charge on any atom is 0.119 e. The minimum atomic E-state index is 0.712. The average molecular weight is 312 g/mol. The van der Waals surface area contributed by atoms with Gasteiger partial charge in [0.05, 0.1) is 6.61 Å². The van der Waals surface area contributed by atoms with E-state index in [0.717, 1.165) is 35.7 Å². The Kier molecular flexibility index (Phi) is 5.51. The lowest BCUT2D eigenvalue weighted by atomic mass is 10.00. The summed E-state index contributed by atoms with van der Waals surface area (Å²) in [6, 6.07) is 8.78. The minimum Gasteiger partial charge on any atom is -0.494 e. The number of halogens is 1. The van der Waals surface area contributed by atoms with Crippen molar-refractivity contribution in [2.24, 2.45) is 5.92 Å². The van der Waals surface area contributed by atoms with Crippen molar-refractivity contribution in [3.8, 4) is 5.75 Å². The van der Waals surface area contributed by atoms with Crippen LogP contribution in [0.3, 0.4) is 0 Å². The number of nitrogens with one attached hydrogen (secondary N) is 1. The summed E-state index contributed by atoms with van der Waals surface area (Å²) in [5.41, 5.74) is 0. The first kappa shape index (κ1) is 13.9. The van der Waals surface area contributed by atoms with Crippen molar-refractivity contribution in [2.45, 2.75) is 38.6 Å². The van der Waals surface area contributed by atoms with Crippen LogP contribution in [0.1, 0.15) is 32.6 Å². The zero-order valence-electron chi connectivity index (χ0n) is 11.0. The monoisotopic (exact) mass is 311 g/mol. The van der Waals surface area contributed by atoms with Crippen LogP contribution in [0.15, 0.2) is 28.7 Å². The fraction of sp³-hybridized carbons (Fsp3) is 0.600. The van der Waals surface area contributed by atoms with Gasteiger partial charge in [0.1, 0.15) is 5.75 Å². The normalized spacial score (nSPS) is 23.2. The van der Waals surface area contributed by atoms with E-state index in [-0.39, 0.29) is 0 Å². The van der Waals surface area contributed by atoms with Gasteiger partial charge >= 0.3 is 0 Å². The summed E-state index contributed by atoms with van der Waals surface area (Å²) in [6.07, 6.45) is 5.20. The van der Waals surface area contributed by atoms with E-state index in [1.165, 1.54) is 19.3 Å². The van der Waals surface area contributed by atoms with Gasteiger partial charge in [0.25, 0.3) is 0 Å². The molecule has 0 aliphatic heterocycles. The van der Waals surface area contributed by atoms with Crippen molar-refractivity contribution < 1.29 is 4.74 Å². The van der Waals surface area contributed by atoms with Crippen molar-refractivity contribution >= 4 is 15.9 Å². The molecule has 1 aliphatic carbocycles. The van der Waals surface area contributed by atoms with Crippen LogP contribution in [0.5, 0.6) is 5.75 Å². The molecule has 2 atom stereocenters. The van der Waals surface area contributed by atoms with E-state index < -0.39 is 0 Å². The van der Waals surface area contributed by atoms with Gasteiger partial charge in [-0.2, -0.15) is 0 Å². The number of ether oxygens (including phenoxy) is 1. The predicted molar refractivity (Wildman–Crippen MR) is 79.1 cm³/mol. The van der Waals surface area contributed by atoms with E-state index in [1.807, 2.05) is 24.3 Å². The number of rotatable bonds is 6. The largest absolute Gasteiger partial charge is 0.494 e. The molecule has 0 amide bonds. The lowest BCUT2D eigenvalue weighted by molar-refractivity contribution is 0.261. The molecule has 0 bridgehead atoms. The van der Waals surface area contributed by atoms with Gasteiger partial charge in [-0.05, 0) is 56.0 Å². The molecule has 0 radical (unpaired) electrons. The molecule has 0 spiro atoms. The lowest BCUT2D eigenvalue weighted by Crippen LogP contribution is -2.32. The zero-order valence-corrected chi connectivity index (χ0v) is 12.6. The van der Waals surface area contributed by atoms with Crippen LogP contribution in [-0.4, -0.2) is 19.2 Å². The summed E-state index contributed by atoms with van der Waals surface area (Å²) >= 11 is 3.43. The van der Waals surface area contributed by atoms with Crippen molar-refractivity contribution in [2.75, 3.05) is 13.2 Å². The fourth-order valence-corrected chi connectivity index (χ4v) is 3.04. The van der Waals surface area contributed by atoms with Crippen LogP contribution in [0.4, 0.5) is 0 Å². The first-order valence-corrected chi connectivity index (χ1v) is 7.70. The summed E-state index contributed by atoms with van der Waals surface area (Å²) in [6.45, 7) is 4.09. The van der Waals surface area contributed by atoms with Gasteiger partial charge in [0.2, 0.25) is 0 Å². The van der Waals surface area contributed by atoms with Crippen molar-refractivity contribution in [3.63, 3.8) is 0 Å². The second kappa shape index (κ2) is 7.15. The molecular formula is C15H22BrNO. The van der Waals surface area contributed by atoms with Gasteiger partial charge in [-0.15, -0.1) is 0 Å². The maximum absolute atomic E-state index is 5.80. The summed E-state index contributed by atoms with van der Waals surface area (Å²) in [4.78, 5) is 0. The molecule has 2 nitrogen and oxygen atoms in total. The van der Waals surface area contributed by atoms with E-state index in [2.05, 4.69) is 28.2 Å². The smallest absolute Gasteiger partial charge is 0.119 e. The van der Waals surface area contributed by atoms with Gasteiger partial charge in [-0.1, -0.05) is 29.3 Å². The Morgan fingerprint density at radius 1 is 1.28 bits per heavy atom. The zero-order chi connectivity index (χ0) is 12.8. The topological polar surface area (TPSA) is 21.3 Å². The molecule has 2 unspecified atom stereocenters. The van der Waals surface area contributed by atoms with Crippen LogP contribution >= 0.6 is 15.9 Å². The Labute approximate surface area is 118 Å². The van der Waals surface area contributed by atoms with Gasteiger partial charge < -0.3 is 10.1 Å². The van der Waals surface area contributed by atoms with Crippen molar-refractivity contribution in [1.29, 1.82) is 0 Å². The summed E-state index contributed by atoms with van der Waals surface area (Å²) < 4.78 is 6.90. The third-order valence-electron chi connectivity index (χ3n) is 3.70. The molecule has 1 fully saturated rings. The third-order valence-corrected chi connectivity index (χ3v) is 4.23. The molecular weight excluding hydrogens is 290 g/mol. The summed E-state index contributed by atoms with van der Waals surface area (Å²) in [5.74, 6) is 1.76. The molecule has 1 aromatic rings. The molecule has 0 heterocycles. The number of hydrogen-bond donors (Lipinski definition) is 1. The van der Waals surface area contributed by atoms with Crippen LogP contribution in [-0.2, 0) is 0 Å². The van der Waals surface area contributed by atoms with Gasteiger partial charge in [-0.3, -0.25) is 0 Å². The molecule has 0 aromatic heterocycles. The SMILES string of the molecule is CCNC1CCCC1CCOc1ccc(Br)cc1. The summed E-state index contributed by atoms with van der Waals surface area (Å²) in [5, 5.41) is 3.59. The number of hydrogen-bond acceptors (Lipinski definition) is 2. The van der Waals surface area contributed by atoms with E-state index in [0.29, 0.717) is 6.04 Å². The molecule has 1 aromatic carbocycles. The Morgan fingerprint density at radius 2 is 2.06 bits per heavy atom. The highest BCUT2D eigenvalue weighted by molar-refractivity contribution is 9.10. The Hall–Kier alpha value is -0.540. The number of benzene rings is 1. The minimum absolute atomic E-state index is 0.712. The highest BCUT2D eigenvalue weighted by Gasteiger charge is 2.25. The second-order valence-electron chi connectivity index (χ2n) is 4.95. The molecule has 0 saturated heterocycles. The molecule has 100 valence electrons. The van der Waals surface area contributed by atoms with Crippen LogP contribution in [0.2, 0.25) is 0 Å². The maximum atomic E-state index is 5.80. The fourth-order valence-electron chi connectivity index (χ4n) is 2.77. The van der Waals surface area contributed by atoms with E-state index >= 15 is 0 Å². The first-order chi connectivity index (χ1) is 8.79. The van der Waals surface area contributed by atoms with E-state index in [4.69, 9.17) is 4.74 Å². The Balaban J connectivity index is 1.73. The Bertz CT molecular complexity index is 352. The van der Waals surface area contributed by atoms with Gasteiger partial charge in [0, 0.05) is 10.5 Å². The predicted octanol–water partition coefficient (Wildman–Crippen LogP) is 4.00. The standard InChI is InChI=1S/C15H22BrNO/c1-2-17-15-5-3-4-12(15)10-11-18-14-8-6-13(16)7-9-14/h6-9,12,15,17H,2-5,10-11H2,1H3. The van der Waals surface area contributed by atoms with Gasteiger partial charge in [0.15, 0.2) is 0 Å². The Morgan fingerprint density at radius 3 is 2.78 bits per heavy atom. The second-order valence-corrected chi connectivity index (χ2v) is 5.86. The molecule has 3 heteroatoms. The third kappa shape index (κ3) is 3.99. The van der Waals surface area contributed by atoms with Gasteiger partial charge in [-0.25, -0.2) is 0 Å². The van der Waals surface area contributed by atoms with Crippen LogP contribution in [0, 0.1) is 5.92 Å². The molecule has 1 N–H and O–H groups in total. The first-order valence-electron chi connectivity index (χ1n) is 6.91.